The van der Waals surface area contributed by atoms with Crippen molar-refractivity contribution in [1.29, 1.82) is 0 Å². The van der Waals surface area contributed by atoms with E-state index in [9.17, 15) is 4.79 Å². The van der Waals surface area contributed by atoms with Gasteiger partial charge in [0, 0.05) is 6.08 Å². The monoisotopic (exact) mass is 242 g/mol. The number of ether oxygens (including phenoxy) is 1. The van der Waals surface area contributed by atoms with Gasteiger partial charge in [0.2, 0.25) is 0 Å². The molecule has 0 atom stereocenters. The summed E-state index contributed by atoms with van der Waals surface area (Å²) in [5.41, 5.74) is 0. The van der Waals surface area contributed by atoms with Gasteiger partial charge in [-0.25, -0.2) is 4.79 Å². The summed E-state index contributed by atoms with van der Waals surface area (Å²) in [6.45, 7) is 3.67. The minimum Gasteiger partial charge on any atom is -0.463 e. The highest BCUT2D eigenvalue weighted by Crippen LogP contribution is 2.03. The third kappa shape index (κ3) is 9.88. The van der Waals surface area contributed by atoms with Crippen LogP contribution in [0.15, 0.2) is 12.7 Å². The van der Waals surface area contributed by atoms with Crippen LogP contribution in [-0.2, 0) is 14.0 Å². The SMILES string of the molecule is C=CC(=O)OCCC[SiH2]OC(Cl)Cl. The van der Waals surface area contributed by atoms with Crippen molar-refractivity contribution >= 4 is 38.9 Å². The molecule has 0 aliphatic heterocycles. The molecule has 13 heavy (non-hydrogen) atoms. The van der Waals surface area contributed by atoms with Crippen molar-refractivity contribution in [1.82, 2.24) is 0 Å². The topological polar surface area (TPSA) is 35.5 Å². The maximum Gasteiger partial charge on any atom is 0.330 e. The Hall–Kier alpha value is -0.0331. The summed E-state index contributed by atoms with van der Waals surface area (Å²) in [6, 6.07) is 0.889. The molecular formula is C7H12Cl2O3Si. The summed E-state index contributed by atoms with van der Waals surface area (Å²) >= 11 is 10.7. The first-order chi connectivity index (χ1) is 6.16. The van der Waals surface area contributed by atoms with Crippen LogP contribution in [-0.4, -0.2) is 27.4 Å². The summed E-state index contributed by atoms with van der Waals surface area (Å²) in [5.74, 6) is -0.393. The van der Waals surface area contributed by atoms with Crippen LogP contribution in [0.25, 0.3) is 0 Å². The molecule has 0 aromatic heterocycles. The number of alkyl halides is 2. The van der Waals surface area contributed by atoms with Crippen LogP contribution in [0, 0.1) is 0 Å². The van der Waals surface area contributed by atoms with Crippen LogP contribution in [0.4, 0.5) is 0 Å². The third-order valence-electron chi connectivity index (χ3n) is 1.19. The van der Waals surface area contributed by atoms with Crippen molar-refractivity contribution in [3.63, 3.8) is 0 Å². The lowest BCUT2D eigenvalue weighted by Gasteiger charge is -2.03. The molecule has 76 valence electrons. The van der Waals surface area contributed by atoms with E-state index in [4.69, 9.17) is 32.4 Å². The summed E-state index contributed by atoms with van der Waals surface area (Å²) < 4.78 is 9.73. The lowest BCUT2D eigenvalue weighted by molar-refractivity contribution is -0.137. The van der Waals surface area contributed by atoms with Crippen molar-refractivity contribution in [2.75, 3.05) is 6.61 Å². The second-order valence-corrected chi connectivity index (χ2v) is 4.68. The molecule has 0 radical (unpaired) electrons. The molecule has 0 aliphatic carbocycles. The van der Waals surface area contributed by atoms with Crippen LogP contribution in [0.2, 0.25) is 6.04 Å². The second kappa shape index (κ2) is 8.56. The minimum atomic E-state index is -0.720. The lowest BCUT2D eigenvalue weighted by Crippen LogP contribution is -2.06. The number of carbonyl (C=O) groups excluding carboxylic acids is 1. The van der Waals surface area contributed by atoms with Gasteiger partial charge in [-0.1, -0.05) is 29.8 Å². The Bertz CT molecular complexity index is 164. The molecule has 0 aromatic rings. The minimum absolute atomic E-state index is 0.393. The maximum absolute atomic E-state index is 10.6. The van der Waals surface area contributed by atoms with Gasteiger partial charge in [0.05, 0.1) is 6.61 Å². The molecule has 3 nitrogen and oxygen atoms in total. The first kappa shape index (κ1) is 13.0. The van der Waals surface area contributed by atoms with E-state index in [-0.39, 0.29) is 0 Å². The Morgan fingerprint density at radius 2 is 2.31 bits per heavy atom. The molecule has 0 spiro atoms. The Morgan fingerprint density at radius 3 is 2.85 bits per heavy atom. The van der Waals surface area contributed by atoms with Crippen LogP contribution in [0.5, 0.6) is 0 Å². The molecule has 6 heteroatoms. The van der Waals surface area contributed by atoms with E-state index in [1.54, 1.807) is 0 Å². The number of hydrogen-bond acceptors (Lipinski definition) is 3. The van der Waals surface area contributed by atoms with Gasteiger partial charge in [-0.3, -0.25) is 0 Å². The summed E-state index contributed by atoms with van der Waals surface area (Å²) in [7, 11) is -0.668. The zero-order chi connectivity index (χ0) is 10.1. The van der Waals surface area contributed by atoms with E-state index in [1.165, 1.54) is 0 Å². The van der Waals surface area contributed by atoms with Crippen LogP contribution in [0.1, 0.15) is 6.42 Å². The molecular weight excluding hydrogens is 231 g/mol. The highest BCUT2D eigenvalue weighted by Gasteiger charge is 1.98. The number of halogens is 2. The fourth-order valence-corrected chi connectivity index (χ4v) is 1.90. The molecule has 0 amide bonds. The fraction of sp³-hybridized carbons (Fsp3) is 0.571. The molecule has 0 fully saturated rings. The average molecular weight is 243 g/mol. The van der Waals surface area contributed by atoms with E-state index in [1.807, 2.05) is 0 Å². The lowest BCUT2D eigenvalue weighted by atomic mass is 10.5. The van der Waals surface area contributed by atoms with Gasteiger partial charge in [0.1, 0.15) is 0 Å². The van der Waals surface area contributed by atoms with Crippen LogP contribution in [0.3, 0.4) is 0 Å². The molecule has 0 rings (SSSR count). The molecule has 0 unspecified atom stereocenters. The fourth-order valence-electron chi connectivity index (χ4n) is 0.608. The van der Waals surface area contributed by atoms with Gasteiger partial charge in [0.15, 0.2) is 14.8 Å². The van der Waals surface area contributed by atoms with E-state index < -0.39 is 20.8 Å². The highest BCUT2D eigenvalue weighted by atomic mass is 35.5. The van der Waals surface area contributed by atoms with Crippen molar-refractivity contribution in [3.8, 4) is 0 Å². The van der Waals surface area contributed by atoms with Gasteiger partial charge < -0.3 is 9.16 Å². The van der Waals surface area contributed by atoms with Crippen molar-refractivity contribution in [3.05, 3.63) is 12.7 Å². The Kier molecular flexibility index (Phi) is 8.54. The van der Waals surface area contributed by atoms with Gasteiger partial charge in [-0.2, -0.15) is 0 Å². The Balaban J connectivity index is 3.08. The third-order valence-corrected chi connectivity index (χ3v) is 3.23. The normalized spacial score (nSPS) is 11.0. The molecule has 0 saturated heterocycles. The van der Waals surface area contributed by atoms with E-state index in [0.717, 1.165) is 18.5 Å². The van der Waals surface area contributed by atoms with Gasteiger partial charge in [-0.05, 0) is 12.5 Å². The van der Waals surface area contributed by atoms with Gasteiger partial charge in [-0.15, -0.1) is 0 Å². The largest absolute Gasteiger partial charge is 0.463 e. The van der Waals surface area contributed by atoms with E-state index >= 15 is 0 Å². The standard InChI is InChI=1S/C7H12Cl2O3Si/c1-2-6(10)11-4-3-5-13-12-7(8)9/h2,7H,1,3-5,13H2. The smallest absolute Gasteiger partial charge is 0.330 e. The number of esters is 1. The first-order valence-corrected chi connectivity index (χ1v) is 6.30. The number of carbonyl (C=O) groups is 1. The van der Waals surface area contributed by atoms with Gasteiger partial charge in [0.25, 0.3) is 0 Å². The molecule has 0 aromatic carbocycles. The Morgan fingerprint density at radius 1 is 1.62 bits per heavy atom. The summed E-state index contributed by atoms with van der Waals surface area (Å²) in [4.78, 5) is 10.6. The zero-order valence-electron chi connectivity index (χ0n) is 7.17. The van der Waals surface area contributed by atoms with Crippen molar-refractivity contribution < 1.29 is 14.0 Å². The number of hydrogen-bond donors (Lipinski definition) is 0. The van der Waals surface area contributed by atoms with Crippen molar-refractivity contribution in [2.24, 2.45) is 0 Å². The zero-order valence-corrected chi connectivity index (χ0v) is 10.1. The second-order valence-electron chi connectivity index (χ2n) is 2.21. The predicted octanol–water partition coefficient (Wildman–Crippen LogP) is 1.39. The molecule has 0 aliphatic rings. The molecule has 0 saturated carbocycles. The first-order valence-electron chi connectivity index (χ1n) is 3.85. The number of rotatable bonds is 7. The maximum atomic E-state index is 10.6. The van der Waals surface area contributed by atoms with Crippen LogP contribution < -0.4 is 0 Å². The summed E-state index contributed by atoms with van der Waals surface area (Å²) in [5, 5.41) is -0.720. The quantitative estimate of drug-likeness (QED) is 0.223. The predicted molar refractivity (Wildman–Crippen MR) is 55.7 cm³/mol. The highest BCUT2D eigenvalue weighted by molar-refractivity contribution is 6.45. The van der Waals surface area contributed by atoms with Crippen molar-refractivity contribution in [2.45, 2.75) is 17.5 Å². The molecule has 0 heterocycles. The van der Waals surface area contributed by atoms with Gasteiger partial charge >= 0.3 is 5.97 Å². The Labute approximate surface area is 89.9 Å². The molecule has 0 N–H and O–H groups in total. The molecule has 0 bridgehead atoms. The van der Waals surface area contributed by atoms with E-state index in [2.05, 4.69) is 6.58 Å². The average Bonchev–Trinajstić information content (AvgIpc) is 2.10. The van der Waals surface area contributed by atoms with Crippen LogP contribution >= 0.6 is 23.2 Å². The summed E-state index contributed by atoms with van der Waals surface area (Å²) in [6.07, 6.45) is 1.92. The van der Waals surface area contributed by atoms with E-state index in [0.29, 0.717) is 6.61 Å².